The molecule has 1 rings (SSSR count). The molecule has 0 aliphatic rings. The third kappa shape index (κ3) is 2.88. The Labute approximate surface area is 87.8 Å². The molecule has 0 saturated heterocycles. The van der Waals surface area contributed by atoms with Crippen LogP contribution in [0.1, 0.15) is 5.56 Å². The molecule has 0 saturated carbocycles. The molecular weight excluding hydrogens is 258 g/mol. The molecule has 0 spiro atoms. The Balaban J connectivity index is 2.57. The molecule has 64 valence electrons. The van der Waals surface area contributed by atoms with Crippen LogP contribution in [0.3, 0.4) is 0 Å². The summed E-state index contributed by atoms with van der Waals surface area (Å²) in [6, 6.07) is 0. The lowest BCUT2D eigenvalue weighted by molar-refractivity contribution is 1.04. The first-order valence-corrected chi connectivity index (χ1v) is 5.15. The molecule has 0 atom stereocenters. The minimum atomic E-state index is 0.164. The number of nitrogens with zero attached hydrogens (tertiary/aromatic N) is 1. The van der Waals surface area contributed by atoms with E-state index in [0.717, 1.165) is 10.0 Å². The van der Waals surface area contributed by atoms with Gasteiger partial charge < -0.3 is 5.73 Å². The second kappa shape index (κ2) is 4.54. The van der Waals surface area contributed by atoms with E-state index >= 15 is 0 Å². The summed E-state index contributed by atoms with van der Waals surface area (Å²) in [6.45, 7) is 0. The molecule has 0 aromatic carbocycles. The van der Waals surface area contributed by atoms with Crippen molar-refractivity contribution in [3.63, 3.8) is 0 Å². The van der Waals surface area contributed by atoms with Gasteiger partial charge in [-0.05, 0) is 28.1 Å². The fourth-order valence-corrected chi connectivity index (χ4v) is 1.95. The largest absolute Gasteiger partial charge is 0.375 e. The first kappa shape index (κ1) is 9.63. The van der Waals surface area contributed by atoms with Crippen LogP contribution in [0.2, 0.25) is 0 Å². The lowest BCUT2D eigenvalue weighted by atomic mass is 10.4. The molecular formula is C6H6BrN3S2. The molecule has 0 unspecified atom stereocenters. The second-order valence-electron chi connectivity index (χ2n) is 1.91. The monoisotopic (exact) mass is 263 g/mol. The number of thiophene rings is 1. The number of rotatable bonds is 2. The highest BCUT2D eigenvalue weighted by Gasteiger charge is 1.95. The van der Waals surface area contributed by atoms with Crippen molar-refractivity contribution in [2.45, 2.75) is 0 Å². The number of hydrazone groups is 1. The lowest BCUT2D eigenvalue weighted by Crippen LogP contribution is -2.23. The van der Waals surface area contributed by atoms with Crippen LogP contribution in [-0.4, -0.2) is 11.3 Å². The van der Waals surface area contributed by atoms with Gasteiger partial charge >= 0.3 is 0 Å². The first-order chi connectivity index (χ1) is 5.70. The van der Waals surface area contributed by atoms with Crippen LogP contribution >= 0.6 is 39.5 Å². The van der Waals surface area contributed by atoms with Crippen molar-refractivity contribution in [3.8, 4) is 0 Å². The van der Waals surface area contributed by atoms with Crippen molar-refractivity contribution >= 4 is 50.8 Å². The number of nitrogens with one attached hydrogen (secondary N) is 1. The lowest BCUT2D eigenvalue weighted by Gasteiger charge is -1.92. The van der Waals surface area contributed by atoms with Gasteiger partial charge in [0.05, 0.1) is 6.21 Å². The number of hydrogen-bond donors (Lipinski definition) is 2. The Hall–Kier alpha value is -0.460. The SMILES string of the molecule is NC(=S)N/N=C/c1cscc1Br. The van der Waals surface area contributed by atoms with E-state index in [4.69, 9.17) is 5.73 Å². The Bertz CT molecular complexity index is 307. The van der Waals surface area contributed by atoms with Gasteiger partial charge in [-0.2, -0.15) is 16.4 Å². The smallest absolute Gasteiger partial charge is 0.184 e. The summed E-state index contributed by atoms with van der Waals surface area (Å²) in [5.74, 6) is 0. The van der Waals surface area contributed by atoms with Gasteiger partial charge in [0.2, 0.25) is 0 Å². The summed E-state index contributed by atoms with van der Waals surface area (Å²) in [4.78, 5) is 0. The molecule has 0 aliphatic carbocycles. The van der Waals surface area contributed by atoms with Crippen LogP contribution in [0.15, 0.2) is 20.3 Å². The van der Waals surface area contributed by atoms with Crippen LogP contribution in [0.4, 0.5) is 0 Å². The van der Waals surface area contributed by atoms with Crippen LogP contribution in [-0.2, 0) is 0 Å². The Morgan fingerprint density at radius 1 is 1.75 bits per heavy atom. The average Bonchev–Trinajstić information content (AvgIpc) is 2.36. The summed E-state index contributed by atoms with van der Waals surface area (Å²) < 4.78 is 1.01. The minimum absolute atomic E-state index is 0.164. The third-order valence-corrected chi connectivity index (χ3v) is 2.86. The van der Waals surface area contributed by atoms with Gasteiger partial charge in [0, 0.05) is 20.8 Å². The number of hydrogen-bond acceptors (Lipinski definition) is 3. The van der Waals surface area contributed by atoms with Gasteiger partial charge in [-0.3, -0.25) is 5.43 Å². The number of thiocarbonyl (C=S) groups is 1. The van der Waals surface area contributed by atoms with Gasteiger partial charge in [0.15, 0.2) is 5.11 Å². The van der Waals surface area contributed by atoms with Gasteiger partial charge in [-0.15, -0.1) is 0 Å². The predicted octanol–water partition coefficient (Wildman–Crippen LogP) is 1.68. The van der Waals surface area contributed by atoms with Gasteiger partial charge in [0.25, 0.3) is 0 Å². The predicted molar refractivity (Wildman–Crippen MR) is 59.5 cm³/mol. The van der Waals surface area contributed by atoms with Crippen molar-refractivity contribution in [3.05, 3.63) is 20.8 Å². The van der Waals surface area contributed by atoms with E-state index in [0.29, 0.717) is 0 Å². The average molecular weight is 264 g/mol. The fourth-order valence-electron chi connectivity index (χ4n) is 0.549. The van der Waals surface area contributed by atoms with Gasteiger partial charge in [-0.1, -0.05) is 0 Å². The maximum atomic E-state index is 5.17. The summed E-state index contributed by atoms with van der Waals surface area (Å²) in [5, 5.41) is 7.92. The van der Waals surface area contributed by atoms with Crippen molar-refractivity contribution in [2.75, 3.05) is 0 Å². The molecule has 0 amide bonds. The second-order valence-corrected chi connectivity index (χ2v) is 3.95. The highest BCUT2D eigenvalue weighted by Crippen LogP contribution is 2.18. The Morgan fingerprint density at radius 2 is 2.50 bits per heavy atom. The van der Waals surface area contributed by atoms with Crippen LogP contribution in [0, 0.1) is 0 Å². The topological polar surface area (TPSA) is 50.4 Å². The highest BCUT2D eigenvalue weighted by atomic mass is 79.9. The molecule has 3 nitrogen and oxygen atoms in total. The summed E-state index contributed by atoms with van der Waals surface area (Å²) in [7, 11) is 0. The molecule has 6 heteroatoms. The Morgan fingerprint density at radius 3 is 3.00 bits per heavy atom. The first-order valence-electron chi connectivity index (χ1n) is 3.00. The third-order valence-electron chi connectivity index (χ3n) is 1.02. The quantitative estimate of drug-likeness (QED) is 0.485. The zero-order valence-electron chi connectivity index (χ0n) is 5.95. The van der Waals surface area contributed by atoms with E-state index in [2.05, 4.69) is 38.7 Å². The van der Waals surface area contributed by atoms with E-state index < -0.39 is 0 Å². The minimum Gasteiger partial charge on any atom is -0.375 e. The molecule has 1 heterocycles. The van der Waals surface area contributed by atoms with Crippen molar-refractivity contribution in [1.29, 1.82) is 0 Å². The molecule has 1 aromatic rings. The summed E-state index contributed by atoms with van der Waals surface area (Å²) in [6.07, 6.45) is 1.65. The molecule has 3 N–H and O–H groups in total. The van der Waals surface area contributed by atoms with Crippen molar-refractivity contribution < 1.29 is 0 Å². The van der Waals surface area contributed by atoms with Crippen LogP contribution < -0.4 is 11.2 Å². The Kier molecular flexibility index (Phi) is 3.64. The van der Waals surface area contributed by atoms with Crippen LogP contribution in [0.5, 0.6) is 0 Å². The number of halogens is 1. The van der Waals surface area contributed by atoms with E-state index in [-0.39, 0.29) is 5.11 Å². The summed E-state index contributed by atoms with van der Waals surface area (Å²) >= 11 is 9.52. The van der Waals surface area contributed by atoms with E-state index in [1.165, 1.54) is 0 Å². The molecule has 0 radical (unpaired) electrons. The molecule has 12 heavy (non-hydrogen) atoms. The molecule has 0 bridgehead atoms. The maximum Gasteiger partial charge on any atom is 0.184 e. The van der Waals surface area contributed by atoms with Gasteiger partial charge in [0.1, 0.15) is 0 Å². The number of nitrogens with two attached hydrogens (primary N) is 1. The normalized spacial score (nSPS) is 10.4. The standard InChI is InChI=1S/C6H6BrN3S2/c7-5-3-12-2-4(5)1-9-10-6(8)11/h1-3H,(H3,8,10,11)/b9-1+. The summed E-state index contributed by atoms with van der Waals surface area (Å²) in [5.41, 5.74) is 8.64. The zero-order valence-corrected chi connectivity index (χ0v) is 9.17. The van der Waals surface area contributed by atoms with E-state index in [1.807, 2.05) is 10.8 Å². The van der Waals surface area contributed by atoms with Crippen LogP contribution in [0.25, 0.3) is 0 Å². The zero-order chi connectivity index (χ0) is 8.97. The van der Waals surface area contributed by atoms with E-state index in [9.17, 15) is 0 Å². The maximum absolute atomic E-state index is 5.17. The molecule has 1 aromatic heterocycles. The van der Waals surface area contributed by atoms with Crippen molar-refractivity contribution in [2.24, 2.45) is 10.8 Å². The molecule has 0 aliphatic heterocycles. The van der Waals surface area contributed by atoms with Crippen molar-refractivity contribution in [1.82, 2.24) is 5.43 Å². The molecule has 0 fully saturated rings. The van der Waals surface area contributed by atoms with E-state index in [1.54, 1.807) is 17.6 Å². The fraction of sp³-hybridized carbons (Fsp3) is 0. The highest BCUT2D eigenvalue weighted by molar-refractivity contribution is 9.10. The van der Waals surface area contributed by atoms with Gasteiger partial charge in [-0.25, -0.2) is 0 Å².